The summed E-state index contributed by atoms with van der Waals surface area (Å²) in [5.41, 5.74) is 5.83. The summed E-state index contributed by atoms with van der Waals surface area (Å²) in [6, 6.07) is 0.0814. The molecule has 1 saturated heterocycles. The van der Waals surface area contributed by atoms with Crippen LogP contribution in [0.5, 0.6) is 0 Å². The Labute approximate surface area is 98.2 Å². The van der Waals surface area contributed by atoms with Gasteiger partial charge in [-0.1, -0.05) is 13.3 Å². The Kier molecular flexibility index (Phi) is 3.56. The second kappa shape index (κ2) is 4.63. The fourth-order valence-corrected chi connectivity index (χ4v) is 5.02. The van der Waals surface area contributed by atoms with Crippen molar-refractivity contribution in [3.05, 3.63) is 0 Å². The Hall–Kier alpha value is -0.130. The smallest absolute Gasteiger partial charge is 0.215 e. The summed E-state index contributed by atoms with van der Waals surface area (Å²) < 4.78 is 26.0. The maximum atomic E-state index is 12.2. The van der Waals surface area contributed by atoms with Crippen molar-refractivity contribution in [1.29, 1.82) is 0 Å². The summed E-state index contributed by atoms with van der Waals surface area (Å²) in [4.78, 5) is 0. The van der Waals surface area contributed by atoms with Gasteiger partial charge in [0.2, 0.25) is 10.0 Å². The van der Waals surface area contributed by atoms with Crippen LogP contribution in [0.3, 0.4) is 0 Å². The molecule has 94 valence electrons. The van der Waals surface area contributed by atoms with E-state index < -0.39 is 10.0 Å². The number of nitrogens with zero attached hydrogens (tertiary/aromatic N) is 1. The van der Waals surface area contributed by atoms with E-state index in [0.29, 0.717) is 5.92 Å². The molecule has 2 N–H and O–H groups in total. The minimum atomic E-state index is -3.10. The van der Waals surface area contributed by atoms with E-state index in [0.717, 1.165) is 32.2 Å². The molecule has 1 saturated carbocycles. The lowest BCUT2D eigenvalue weighted by Gasteiger charge is -2.27. The highest BCUT2D eigenvalue weighted by atomic mass is 32.2. The molecule has 0 spiro atoms. The van der Waals surface area contributed by atoms with E-state index >= 15 is 0 Å². The maximum Gasteiger partial charge on any atom is 0.215 e. The molecule has 0 aromatic heterocycles. The van der Waals surface area contributed by atoms with Crippen molar-refractivity contribution in [1.82, 2.24) is 4.31 Å². The standard InChI is InChI=1S/C11H22N2O2S/c1-2-3-10(12)8-16(14,15)13-7-9-4-5-11(13)6-9/h9-11H,2-8,12H2,1H3. The van der Waals surface area contributed by atoms with Crippen LogP contribution >= 0.6 is 0 Å². The van der Waals surface area contributed by atoms with Crippen molar-refractivity contribution in [3.63, 3.8) is 0 Å². The average molecular weight is 246 g/mol. The highest BCUT2D eigenvalue weighted by molar-refractivity contribution is 7.89. The molecule has 16 heavy (non-hydrogen) atoms. The fraction of sp³-hybridized carbons (Fsp3) is 1.00. The molecule has 1 aliphatic carbocycles. The third-order valence-electron chi connectivity index (χ3n) is 3.80. The summed E-state index contributed by atoms with van der Waals surface area (Å²) in [6.45, 7) is 2.77. The fourth-order valence-electron chi connectivity index (χ4n) is 3.04. The third kappa shape index (κ3) is 2.41. The van der Waals surface area contributed by atoms with E-state index in [1.807, 2.05) is 6.92 Å². The van der Waals surface area contributed by atoms with Gasteiger partial charge in [0, 0.05) is 18.6 Å². The van der Waals surface area contributed by atoms with Crippen molar-refractivity contribution in [2.24, 2.45) is 11.7 Å². The lowest BCUT2D eigenvalue weighted by Crippen LogP contribution is -2.43. The molecule has 2 aliphatic rings. The van der Waals surface area contributed by atoms with Crippen LogP contribution in [0, 0.1) is 5.92 Å². The Bertz CT molecular complexity index is 342. The zero-order valence-electron chi connectivity index (χ0n) is 9.93. The first-order valence-corrected chi connectivity index (χ1v) is 7.89. The van der Waals surface area contributed by atoms with Gasteiger partial charge in [-0.3, -0.25) is 0 Å². The first-order chi connectivity index (χ1) is 7.53. The lowest BCUT2D eigenvalue weighted by molar-refractivity contribution is 0.332. The van der Waals surface area contributed by atoms with Crippen LogP contribution in [0.4, 0.5) is 0 Å². The van der Waals surface area contributed by atoms with Crippen LogP contribution in [-0.2, 0) is 10.0 Å². The SMILES string of the molecule is CCCC(N)CS(=O)(=O)N1CC2CCC1C2. The number of sulfonamides is 1. The van der Waals surface area contributed by atoms with Gasteiger partial charge < -0.3 is 5.73 Å². The molecule has 1 heterocycles. The van der Waals surface area contributed by atoms with E-state index in [2.05, 4.69) is 0 Å². The summed E-state index contributed by atoms with van der Waals surface area (Å²) in [5, 5.41) is 0. The Morgan fingerprint density at radius 1 is 1.44 bits per heavy atom. The van der Waals surface area contributed by atoms with Crippen molar-refractivity contribution in [2.45, 2.75) is 51.1 Å². The van der Waals surface area contributed by atoms with E-state index in [4.69, 9.17) is 5.73 Å². The molecule has 1 aliphatic heterocycles. The topological polar surface area (TPSA) is 63.4 Å². The van der Waals surface area contributed by atoms with Crippen LogP contribution in [0.2, 0.25) is 0 Å². The van der Waals surface area contributed by atoms with Crippen LogP contribution in [0.15, 0.2) is 0 Å². The molecular formula is C11H22N2O2S. The number of hydrogen-bond acceptors (Lipinski definition) is 3. The molecule has 2 fully saturated rings. The van der Waals surface area contributed by atoms with Crippen LogP contribution in [0.25, 0.3) is 0 Å². The third-order valence-corrected chi connectivity index (χ3v) is 5.81. The largest absolute Gasteiger partial charge is 0.327 e. The van der Waals surface area contributed by atoms with Gasteiger partial charge in [0.15, 0.2) is 0 Å². The predicted octanol–water partition coefficient (Wildman–Crippen LogP) is 0.928. The predicted molar refractivity (Wildman–Crippen MR) is 64.5 cm³/mol. The lowest BCUT2D eigenvalue weighted by atomic mass is 10.1. The van der Waals surface area contributed by atoms with Crippen LogP contribution in [0.1, 0.15) is 39.0 Å². The molecule has 3 unspecified atom stereocenters. The number of fused-ring (bicyclic) bond motifs is 2. The highest BCUT2D eigenvalue weighted by Gasteiger charge is 2.43. The minimum absolute atomic E-state index is 0.129. The molecule has 5 heteroatoms. The molecule has 0 aromatic carbocycles. The Morgan fingerprint density at radius 2 is 2.19 bits per heavy atom. The Balaban J connectivity index is 1.97. The molecule has 0 radical (unpaired) electrons. The maximum absolute atomic E-state index is 12.2. The number of hydrogen-bond donors (Lipinski definition) is 1. The van der Waals surface area contributed by atoms with Gasteiger partial charge in [-0.05, 0) is 31.6 Å². The number of rotatable bonds is 5. The molecular weight excluding hydrogens is 224 g/mol. The van der Waals surface area contributed by atoms with Crippen LogP contribution < -0.4 is 5.73 Å². The second-order valence-electron chi connectivity index (χ2n) is 5.23. The molecule has 0 aromatic rings. The van der Waals surface area contributed by atoms with Gasteiger partial charge >= 0.3 is 0 Å². The van der Waals surface area contributed by atoms with E-state index in [1.54, 1.807) is 4.31 Å². The van der Waals surface area contributed by atoms with Crippen molar-refractivity contribution >= 4 is 10.0 Å². The van der Waals surface area contributed by atoms with Gasteiger partial charge in [-0.15, -0.1) is 0 Å². The first-order valence-electron chi connectivity index (χ1n) is 6.28. The first kappa shape index (κ1) is 12.3. The zero-order valence-corrected chi connectivity index (χ0v) is 10.7. The van der Waals surface area contributed by atoms with Gasteiger partial charge in [-0.2, -0.15) is 4.31 Å². The highest BCUT2D eigenvalue weighted by Crippen LogP contribution is 2.39. The minimum Gasteiger partial charge on any atom is -0.327 e. The van der Waals surface area contributed by atoms with Gasteiger partial charge in [0.25, 0.3) is 0 Å². The summed E-state index contributed by atoms with van der Waals surface area (Å²) in [5.74, 6) is 0.742. The summed E-state index contributed by atoms with van der Waals surface area (Å²) in [7, 11) is -3.10. The summed E-state index contributed by atoms with van der Waals surface area (Å²) in [6.07, 6.45) is 5.07. The zero-order chi connectivity index (χ0) is 11.8. The van der Waals surface area contributed by atoms with Gasteiger partial charge in [-0.25, -0.2) is 8.42 Å². The van der Waals surface area contributed by atoms with Gasteiger partial charge in [0.1, 0.15) is 0 Å². The molecule has 2 rings (SSSR count). The molecule has 4 nitrogen and oxygen atoms in total. The van der Waals surface area contributed by atoms with Crippen LogP contribution in [-0.4, -0.2) is 37.1 Å². The molecule has 0 amide bonds. The number of nitrogens with two attached hydrogens (primary N) is 1. The molecule has 3 atom stereocenters. The van der Waals surface area contributed by atoms with Crippen molar-refractivity contribution in [2.75, 3.05) is 12.3 Å². The monoisotopic (exact) mass is 246 g/mol. The summed E-state index contributed by atoms with van der Waals surface area (Å²) >= 11 is 0. The van der Waals surface area contributed by atoms with E-state index in [9.17, 15) is 8.42 Å². The number of piperidine rings is 1. The van der Waals surface area contributed by atoms with Crippen molar-refractivity contribution in [3.8, 4) is 0 Å². The Morgan fingerprint density at radius 3 is 2.69 bits per heavy atom. The second-order valence-corrected chi connectivity index (χ2v) is 7.20. The van der Waals surface area contributed by atoms with E-state index in [-0.39, 0.29) is 17.8 Å². The molecule has 2 bridgehead atoms. The van der Waals surface area contributed by atoms with Gasteiger partial charge in [0.05, 0.1) is 5.75 Å². The average Bonchev–Trinajstić information content (AvgIpc) is 2.77. The normalized spacial score (nSPS) is 32.1. The van der Waals surface area contributed by atoms with E-state index in [1.165, 1.54) is 6.42 Å². The van der Waals surface area contributed by atoms with Crippen molar-refractivity contribution < 1.29 is 8.42 Å². The quantitative estimate of drug-likeness (QED) is 0.785.